The zero-order chi connectivity index (χ0) is 33.0. The summed E-state index contributed by atoms with van der Waals surface area (Å²) in [6.45, 7) is 4.35. The normalized spacial score (nSPS) is 11.7. The van der Waals surface area contributed by atoms with Crippen molar-refractivity contribution in [1.29, 1.82) is 0 Å². The van der Waals surface area contributed by atoms with Gasteiger partial charge >= 0.3 is 0 Å². The summed E-state index contributed by atoms with van der Waals surface area (Å²) in [4.78, 5) is 41.2. The van der Waals surface area contributed by atoms with E-state index in [0.717, 1.165) is 21.6 Å². The standard InChI is InChI=1S/C39H35N3O4S/c1-3-46-35-20-11-10-19-33(35)41-39(45)36(29-13-6-4-7-14-29)47-32-18-12-17-31(26-32)40-38(44)34(25-28-23-21-27(2)22-24-28)42-37(43)30-15-8-5-9-16-30/h4-26,36H,3H2,1-2H3,(H,40,44)(H,41,45)(H,42,43)/b34-25+. The summed E-state index contributed by atoms with van der Waals surface area (Å²) >= 11 is 1.36. The molecule has 8 heteroatoms. The van der Waals surface area contributed by atoms with E-state index in [4.69, 9.17) is 4.74 Å². The van der Waals surface area contributed by atoms with Crippen molar-refractivity contribution in [1.82, 2.24) is 5.32 Å². The van der Waals surface area contributed by atoms with Crippen LogP contribution in [0.1, 0.15) is 39.2 Å². The quantitative estimate of drug-likeness (QED) is 0.0941. The molecule has 1 unspecified atom stereocenters. The fourth-order valence-electron chi connectivity index (χ4n) is 4.70. The lowest BCUT2D eigenvalue weighted by molar-refractivity contribution is -0.116. The minimum Gasteiger partial charge on any atom is -0.492 e. The number of aryl methyl sites for hydroxylation is 1. The van der Waals surface area contributed by atoms with Crippen LogP contribution < -0.4 is 20.7 Å². The van der Waals surface area contributed by atoms with Gasteiger partial charge in [-0.25, -0.2) is 0 Å². The molecule has 7 nitrogen and oxygen atoms in total. The first-order valence-corrected chi connectivity index (χ1v) is 16.1. The molecule has 0 aliphatic carbocycles. The van der Waals surface area contributed by atoms with Crippen molar-refractivity contribution in [3.8, 4) is 5.75 Å². The number of ether oxygens (including phenoxy) is 1. The molecular weight excluding hydrogens is 607 g/mol. The SMILES string of the molecule is CCOc1ccccc1NC(=O)C(Sc1cccc(NC(=O)/C(=C\c2ccc(C)cc2)NC(=O)c2ccccc2)c1)c1ccccc1. The number of benzene rings is 5. The van der Waals surface area contributed by atoms with Crippen LogP contribution in [0.15, 0.2) is 144 Å². The van der Waals surface area contributed by atoms with Gasteiger partial charge in [-0.1, -0.05) is 96.6 Å². The van der Waals surface area contributed by atoms with Gasteiger partial charge in [0.15, 0.2) is 0 Å². The molecule has 0 heterocycles. The molecule has 0 radical (unpaired) electrons. The molecule has 5 aromatic rings. The van der Waals surface area contributed by atoms with Gasteiger partial charge in [0.1, 0.15) is 16.7 Å². The first-order chi connectivity index (χ1) is 22.9. The fraction of sp³-hybridized carbons (Fsp3) is 0.103. The molecule has 5 aromatic carbocycles. The predicted octanol–water partition coefficient (Wildman–Crippen LogP) is 8.28. The molecular formula is C39H35N3O4S. The number of thioether (sulfide) groups is 1. The van der Waals surface area contributed by atoms with E-state index in [-0.39, 0.29) is 11.6 Å². The van der Waals surface area contributed by atoms with Gasteiger partial charge in [-0.3, -0.25) is 14.4 Å². The number of para-hydroxylation sites is 2. The summed E-state index contributed by atoms with van der Waals surface area (Å²) in [5, 5.41) is 8.13. The summed E-state index contributed by atoms with van der Waals surface area (Å²) in [5.74, 6) is -0.499. The number of hydrogen-bond acceptors (Lipinski definition) is 5. The van der Waals surface area contributed by atoms with Gasteiger partial charge in [-0.2, -0.15) is 0 Å². The van der Waals surface area contributed by atoms with Crippen molar-refractivity contribution >= 4 is 46.9 Å². The molecule has 47 heavy (non-hydrogen) atoms. The van der Waals surface area contributed by atoms with Crippen molar-refractivity contribution in [3.05, 3.63) is 161 Å². The Labute approximate surface area is 279 Å². The Morgan fingerprint density at radius 1 is 0.766 bits per heavy atom. The van der Waals surface area contributed by atoms with Crippen molar-refractivity contribution < 1.29 is 19.1 Å². The van der Waals surface area contributed by atoms with E-state index >= 15 is 0 Å². The van der Waals surface area contributed by atoms with E-state index in [9.17, 15) is 14.4 Å². The molecule has 236 valence electrons. The summed E-state index contributed by atoms with van der Waals surface area (Å²) in [6, 6.07) is 40.5. The van der Waals surface area contributed by atoms with Crippen molar-refractivity contribution in [2.24, 2.45) is 0 Å². The maximum Gasteiger partial charge on any atom is 0.272 e. The number of anilines is 2. The van der Waals surface area contributed by atoms with Gasteiger partial charge in [-0.15, -0.1) is 11.8 Å². The van der Waals surface area contributed by atoms with Crippen LogP contribution >= 0.6 is 11.8 Å². The number of nitrogens with one attached hydrogen (secondary N) is 3. The van der Waals surface area contributed by atoms with E-state index in [1.54, 1.807) is 36.4 Å². The topological polar surface area (TPSA) is 96.5 Å². The average Bonchev–Trinajstić information content (AvgIpc) is 3.09. The molecule has 3 amide bonds. The Morgan fingerprint density at radius 2 is 1.45 bits per heavy atom. The van der Waals surface area contributed by atoms with Crippen molar-refractivity contribution in [2.75, 3.05) is 17.2 Å². The summed E-state index contributed by atoms with van der Waals surface area (Å²) in [6.07, 6.45) is 1.64. The van der Waals surface area contributed by atoms with Gasteiger partial charge in [0.25, 0.3) is 11.8 Å². The molecule has 0 saturated heterocycles. The number of rotatable bonds is 12. The molecule has 0 aliphatic heterocycles. The molecule has 0 aromatic heterocycles. The Bertz CT molecular complexity index is 1860. The van der Waals surface area contributed by atoms with Crippen LogP contribution in [0.2, 0.25) is 0 Å². The number of carbonyl (C=O) groups is 3. The monoisotopic (exact) mass is 641 g/mol. The number of amides is 3. The van der Waals surface area contributed by atoms with Gasteiger partial charge in [-0.05, 0) is 73.5 Å². The highest BCUT2D eigenvalue weighted by Crippen LogP contribution is 2.38. The van der Waals surface area contributed by atoms with Gasteiger partial charge in [0, 0.05) is 16.1 Å². The molecule has 3 N–H and O–H groups in total. The van der Waals surface area contributed by atoms with Crippen LogP contribution in [0.3, 0.4) is 0 Å². The maximum absolute atomic E-state index is 13.7. The average molecular weight is 642 g/mol. The lowest BCUT2D eigenvalue weighted by Gasteiger charge is -2.19. The predicted molar refractivity (Wildman–Crippen MR) is 189 cm³/mol. The third kappa shape index (κ3) is 9.22. The second kappa shape index (κ2) is 16.1. The molecule has 0 saturated carbocycles. The molecule has 0 aliphatic rings. The third-order valence-electron chi connectivity index (χ3n) is 7.05. The van der Waals surface area contributed by atoms with E-state index in [2.05, 4.69) is 16.0 Å². The van der Waals surface area contributed by atoms with Crippen LogP contribution in [0.5, 0.6) is 5.75 Å². The second-order valence-electron chi connectivity index (χ2n) is 10.6. The van der Waals surface area contributed by atoms with Crippen molar-refractivity contribution in [3.63, 3.8) is 0 Å². The van der Waals surface area contributed by atoms with E-state index < -0.39 is 17.1 Å². The number of carbonyl (C=O) groups excluding carboxylic acids is 3. The van der Waals surface area contributed by atoms with Crippen LogP contribution in [0.4, 0.5) is 11.4 Å². The van der Waals surface area contributed by atoms with E-state index in [0.29, 0.717) is 29.3 Å². The van der Waals surface area contributed by atoms with Gasteiger partial charge < -0.3 is 20.7 Å². The molecule has 0 bridgehead atoms. The second-order valence-corrected chi connectivity index (χ2v) is 11.8. The highest BCUT2D eigenvalue weighted by molar-refractivity contribution is 8.00. The fourth-order valence-corrected chi connectivity index (χ4v) is 5.79. The van der Waals surface area contributed by atoms with Crippen LogP contribution in [-0.4, -0.2) is 24.3 Å². The van der Waals surface area contributed by atoms with Crippen LogP contribution in [0.25, 0.3) is 6.08 Å². The van der Waals surface area contributed by atoms with Crippen LogP contribution in [0, 0.1) is 6.92 Å². The van der Waals surface area contributed by atoms with Crippen LogP contribution in [-0.2, 0) is 9.59 Å². The van der Waals surface area contributed by atoms with Crippen molar-refractivity contribution in [2.45, 2.75) is 24.0 Å². The lowest BCUT2D eigenvalue weighted by atomic mass is 10.1. The lowest BCUT2D eigenvalue weighted by Crippen LogP contribution is -2.30. The minimum atomic E-state index is -0.598. The smallest absolute Gasteiger partial charge is 0.272 e. The third-order valence-corrected chi connectivity index (χ3v) is 8.30. The largest absolute Gasteiger partial charge is 0.492 e. The zero-order valence-corrected chi connectivity index (χ0v) is 26.9. The molecule has 5 rings (SSSR count). The Kier molecular flexibility index (Phi) is 11.2. The van der Waals surface area contributed by atoms with E-state index in [1.807, 2.05) is 117 Å². The van der Waals surface area contributed by atoms with Gasteiger partial charge in [0.2, 0.25) is 5.91 Å². The summed E-state index contributed by atoms with van der Waals surface area (Å²) in [5.41, 5.74) is 4.30. The highest BCUT2D eigenvalue weighted by Gasteiger charge is 2.24. The summed E-state index contributed by atoms with van der Waals surface area (Å²) in [7, 11) is 0. The minimum absolute atomic E-state index is 0.0928. The Balaban J connectivity index is 1.37. The highest BCUT2D eigenvalue weighted by atomic mass is 32.2. The molecule has 0 spiro atoms. The molecule has 1 atom stereocenters. The molecule has 0 fully saturated rings. The Hall–Kier alpha value is -5.60. The summed E-state index contributed by atoms with van der Waals surface area (Å²) < 4.78 is 5.71. The maximum atomic E-state index is 13.7. The Morgan fingerprint density at radius 3 is 2.17 bits per heavy atom. The van der Waals surface area contributed by atoms with E-state index in [1.165, 1.54) is 11.8 Å². The first kappa shape index (κ1) is 32.8. The first-order valence-electron chi connectivity index (χ1n) is 15.2. The zero-order valence-electron chi connectivity index (χ0n) is 26.1. The van der Waals surface area contributed by atoms with Gasteiger partial charge in [0.05, 0.1) is 12.3 Å². The number of hydrogen-bond donors (Lipinski definition) is 3.